The van der Waals surface area contributed by atoms with E-state index in [4.69, 9.17) is 17.0 Å². The highest BCUT2D eigenvalue weighted by molar-refractivity contribution is 7.71. The lowest BCUT2D eigenvalue weighted by molar-refractivity contribution is 0.0787. The van der Waals surface area contributed by atoms with Crippen LogP contribution in [0.25, 0.3) is 10.9 Å². The van der Waals surface area contributed by atoms with E-state index in [1.54, 1.807) is 0 Å². The Morgan fingerprint density at radius 1 is 1.37 bits per heavy atom. The van der Waals surface area contributed by atoms with E-state index in [9.17, 15) is 0 Å². The molecule has 2 N–H and O–H groups in total. The molecule has 0 aliphatic heterocycles. The van der Waals surface area contributed by atoms with Crippen LogP contribution < -0.4 is 5.32 Å². The molecule has 1 heterocycles. The van der Waals surface area contributed by atoms with Crippen LogP contribution in [0, 0.1) is 4.77 Å². The standard InChI is InChI=1S/C14H19N3OS/c1-10(2)18-9-5-8-15-13-11-6-3-4-7-12(11)16-14(19)17-13/h3-4,6-7,10H,5,8-9H2,1-2H3,(H2,15,16,17,19). The van der Waals surface area contributed by atoms with Crippen molar-refractivity contribution in [1.82, 2.24) is 9.97 Å². The highest BCUT2D eigenvalue weighted by Gasteiger charge is 2.02. The molecular weight excluding hydrogens is 258 g/mol. The molecule has 5 heteroatoms. The molecule has 102 valence electrons. The number of hydrogen-bond acceptors (Lipinski definition) is 4. The largest absolute Gasteiger partial charge is 0.379 e. The molecule has 0 aliphatic carbocycles. The summed E-state index contributed by atoms with van der Waals surface area (Å²) in [5, 5.41) is 4.38. The fraction of sp³-hybridized carbons (Fsp3) is 0.429. The minimum absolute atomic E-state index is 0.282. The number of fused-ring (bicyclic) bond motifs is 1. The van der Waals surface area contributed by atoms with Crippen LogP contribution in [0.1, 0.15) is 20.3 Å². The highest BCUT2D eigenvalue weighted by Crippen LogP contribution is 2.18. The normalized spacial score (nSPS) is 11.1. The number of para-hydroxylation sites is 1. The van der Waals surface area contributed by atoms with E-state index in [-0.39, 0.29) is 6.10 Å². The lowest BCUT2D eigenvalue weighted by Gasteiger charge is -2.10. The minimum atomic E-state index is 0.282. The highest BCUT2D eigenvalue weighted by atomic mass is 32.1. The maximum absolute atomic E-state index is 5.50. The van der Waals surface area contributed by atoms with Gasteiger partial charge >= 0.3 is 0 Å². The summed E-state index contributed by atoms with van der Waals surface area (Å²) in [5.41, 5.74) is 1.00. The lowest BCUT2D eigenvalue weighted by Crippen LogP contribution is -2.10. The molecule has 0 saturated heterocycles. The third-order valence-corrected chi connectivity index (χ3v) is 2.90. The molecule has 0 fully saturated rings. The molecule has 0 bridgehead atoms. The second kappa shape index (κ2) is 6.63. The number of nitrogens with zero attached hydrogens (tertiary/aromatic N) is 1. The van der Waals surface area contributed by atoms with Gasteiger partial charge in [-0.1, -0.05) is 12.1 Å². The second-order valence-corrected chi connectivity index (χ2v) is 5.02. The van der Waals surface area contributed by atoms with Gasteiger partial charge < -0.3 is 15.0 Å². The van der Waals surface area contributed by atoms with Gasteiger partial charge in [-0.3, -0.25) is 0 Å². The number of rotatable bonds is 6. The molecule has 0 atom stereocenters. The van der Waals surface area contributed by atoms with Crippen molar-refractivity contribution in [3.8, 4) is 0 Å². The fourth-order valence-corrected chi connectivity index (χ4v) is 2.04. The lowest BCUT2D eigenvalue weighted by atomic mass is 10.2. The molecule has 0 aliphatic rings. The molecule has 1 aromatic heterocycles. The molecule has 2 aromatic rings. The van der Waals surface area contributed by atoms with Crippen LogP contribution >= 0.6 is 12.2 Å². The summed E-state index contributed by atoms with van der Waals surface area (Å²) in [6.45, 7) is 5.66. The van der Waals surface area contributed by atoms with Gasteiger partial charge in [-0.05, 0) is 44.6 Å². The first-order chi connectivity index (χ1) is 9.16. The third-order valence-electron chi connectivity index (χ3n) is 2.70. The number of ether oxygens (including phenoxy) is 1. The zero-order chi connectivity index (χ0) is 13.7. The Morgan fingerprint density at radius 2 is 2.16 bits per heavy atom. The Hall–Kier alpha value is -1.46. The van der Waals surface area contributed by atoms with Crippen LogP contribution in [0.4, 0.5) is 5.82 Å². The van der Waals surface area contributed by atoms with Gasteiger partial charge in [0.1, 0.15) is 5.82 Å². The first-order valence-corrected chi connectivity index (χ1v) is 6.92. The van der Waals surface area contributed by atoms with Gasteiger partial charge in [-0.2, -0.15) is 0 Å². The summed E-state index contributed by atoms with van der Waals surface area (Å²) >= 11 is 5.13. The molecule has 0 saturated carbocycles. The molecule has 0 spiro atoms. The van der Waals surface area contributed by atoms with E-state index >= 15 is 0 Å². The smallest absolute Gasteiger partial charge is 0.199 e. The van der Waals surface area contributed by atoms with Gasteiger partial charge in [0, 0.05) is 18.5 Å². The molecule has 2 rings (SSSR count). The maximum Gasteiger partial charge on any atom is 0.199 e. The van der Waals surface area contributed by atoms with Crippen molar-refractivity contribution in [1.29, 1.82) is 0 Å². The molecular formula is C14H19N3OS. The van der Waals surface area contributed by atoms with Crippen molar-refractivity contribution in [3.63, 3.8) is 0 Å². The van der Waals surface area contributed by atoms with Gasteiger partial charge in [0.15, 0.2) is 4.77 Å². The van der Waals surface area contributed by atoms with Gasteiger partial charge in [0.25, 0.3) is 0 Å². The van der Waals surface area contributed by atoms with Crippen LogP contribution in [0.2, 0.25) is 0 Å². The van der Waals surface area contributed by atoms with Gasteiger partial charge in [-0.15, -0.1) is 0 Å². The molecule has 4 nitrogen and oxygen atoms in total. The predicted octanol–water partition coefficient (Wildman–Crippen LogP) is 3.52. The SMILES string of the molecule is CC(C)OCCCNc1nc(=S)[nH]c2ccccc12. The number of nitrogens with one attached hydrogen (secondary N) is 2. The van der Waals surface area contributed by atoms with Gasteiger partial charge in [0.05, 0.1) is 11.6 Å². The Balaban J connectivity index is 2.02. The van der Waals surface area contributed by atoms with Crippen molar-refractivity contribution in [2.24, 2.45) is 0 Å². The van der Waals surface area contributed by atoms with Crippen molar-refractivity contribution in [2.45, 2.75) is 26.4 Å². The first-order valence-electron chi connectivity index (χ1n) is 6.51. The Bertz CT molecular complexity index is 595. The quantitative estimate of drug-likeness (QED) is 0.626. The number of aromatic amines is 1. The number of benzene rings is 1. The summed E-state index contributed by atoms with van der Waals surface area (Å²) in [7, 11) is 0. The molecule has 1 aromatic carbocycles. The minimum Gasteiger partial charge on any atom is -0.379 e. The van der Waals surface area contributed by atoms with Crippen molar-refractivity contribution >= 4 is 28.9 Å². The predicted molar refractivity (Wildman–Crippen MR) is 81.1 cm³/mol. The van der Waals surface area contributed by atoms with E-state index in [1.807, 2.05) is 38.1 Å². The van der Waals surface area contributed by atoms with Gasteiger partial charge in [-0.25, -0.2) is 4.98 Å². The van der Waals surface area contributed by atoms with Crippen LogP contribution in [0.15, 0.2) is 24.3 Å². The third kappa shape index (κ3) is 4.01. The average molecular weight is 277 g/mol. The monoisotopic (exact) mass is 277 g/mol. The van der Waals surface area contributed by atoms with Gasteiger partial charge in [0.2, 0.25) is 0 Å². The first kappa shape index (κ1) is 14.0. The van der Waals surface area contributed by atoms with Crippen molar-refractivity contribution in [2.75, 3.05) is 18.5 Å². The zero-order valence-electron chi connectivity index (χ0n) is 11.3. The van der Waals surface area contributed by atoms with Crippen LogP contribution in [0.3, 0.4) is 0 Å². The van der Waals surface area contributed by atoms with Crippen LogP contribution in [-0.4, -0.2) is 29.2 Å². The van der Waals surface area contributed by atoms with E-state index in [2.05, 4.69) is 15.3 Å². The van der Waals surface area contributed by atoms with Crippen LogP contribution in [0.5, 0.6) is 0 Å². The Labute approximate surface area is 118 Å². The van der Waals surface area contributed by atoms with E-state index in [0.717, 1.165) is 36.3 Å². The van der Waals surface area contributed by atoms with E-state index in [0.29, 0.717) is 4.77 Å². The summed E-state index contributed by atoms with van der Waals surface area (Å²) in [6, 6.07) is 8.00. The Morgan fingerprint density at radius 3 is 2.95 bits per heavy atom. The molecule has 0 unspecified atom stereocenters. The number of anilines is 1. The number of aromatic nitrogens is 2. The Kier molecular flexibility index (Phi) is 4.87. The van der Waals surface area contributed by atoms with Crippen molar-refractivity contribution in [3.05, 3.63) is 29.0 Å². The number of H-pyrrole nitrogens is 1. The molecule has 0 radical (unpaired) electrons. The van der Waals surface area contributed by atoms with Crippen molar-refractivity contribution < 1.29 is 4.74 Å². The summed E-state index contributed by atoms with van der Waals surface area (Å²) in [4.78, 5) is 7.43. The zero-order valence-corrected chi connectivity index (χ0v) is 12.1. The number of hydrogen-bond donors (Lipinski definition) is 2. The average Bonchev–Trinajstić information content (AvgIpc) is 2.37. The molecule has 19 heavy (non-hydrogen) atoms. The van der Waals surface area contributed by atoms with Crippen LogP contribution in [-0.2, 0) is 4.74 Å². The second-order valence-electron chi connectivity index (χ2n) is 4.64. The topological polar surface area (TPSA) is 49.9 Å². The summed E-state index contributed by atoms with van der Waals surface area (Å²) in [5.74, 6) is 0.837. The summed E-state index contributed by atoms with van der Waals surface area (Å²) < 4.78 is 6.00. The summed E-state index contributed by atoms with van der Waals surface area (Å²) in [6.07, 6.45) is 1.23. The fourth-order valence-electron chi connectivity index (χ4n) is 1.84. The van der Waals surface area contributed by atoms with E-state index < -0.39 is 0 Å². The maximum atomic E-state index is 5.50. The molecule has 0 amide bonds. The van der Waals surface area contributed by atoms with E-state index in [1.165, 1.54) is 0 Å².